The van der Waals surface area contributed by atoms with Crippen LogP contribution in [0.2, 0.25) is 0 Å². The number of hydrogen-bond donors (Lipinski definition) is 2. The van der Waals surface area contributed by atoms with Gasteiger partial charge in [0.15, 0.2) is 0 Å². The molecule has 2 heterocycles. The van der Waals surface area contributed by atoms with Crippen molar-refractivity contribution < 1.29 is 0 Å². The molecule has 20 heavy (non-hydrogen) atoms. The van der Waals surface area contributed by atoms with E-state index in [1.165, 1.54) is 24.1 Å². The van der Waals surface area contributed by atoms with E-state index in [2.05, 4.69) is 29.5 Å². The maximum absolute atomic E-state index is 4.77. The van der Waals surface area contributed by atoms with E-state index in [4.69, 9.17) is 9.97 Å². The van der Waals surface area contributed by atoms with Gasteiger partial charge >= 0.3 is 0 Å². The second-order valence-electron chi connectivity index (χ2n) is 5.90. The maximum atomic E-state index is 4.77. The Labute approximate surface area is 121 Å². The van der Waals surface area contributed by atoms with Crippen LogP contribution in [-0.4, -0.2) is 43.2 Å². The third-order valence-electron chi connectivity index (χ3n) is 4.09. The standard InChI is InChI=1S/C15H25N5/c1-3-17-15-18-13-7-9-16-8-6-12(13)14(19-15)20(2)10-11-4-5-11/h11,16H,3-10H2,1-2H3,(H,17,18,19). The highest BCUT2D eigenvalue weighted by Crippen LogP contribution is 2.32. The van der Waals surface area contributed by atoms with Gasteiger partial charge in [-0.25, -0.2) is 4.98 Å². The van der Waals surface area contributed by atoms with Crippen molar-refractivity contribution in [3.05, 3.63) is 11.3 Å². The summed E-state index contributed by atoms with van der Waals surface area (Å²) >= 11 is 0. The molecule has 0 amide bonds. The van der Waals surface area contributed by atoms with Crippen molar-refractivity contribution in [2.75, 3.05) is 43.4 Å². The Hall–Kier alpha value is -1.36. The minimum Gasteiger partial charge on any atom is -0.359 e. The molecule has 3 rings (SSSR count). The first kappa shape index (κ1) is 13.6. The quantitative estimate of drug-likeness (QED) is 0.852. The molecule has 1 fully saturated rings. The van der Waals surface area contributed by atoms with Crippen LogP contribution >= 0.6 is 0 Å². The van der Waals surface area contributed by atoms with E-state index >= 15 is 0 Å². The number of hydrogen-bond acceptors (Lipinski definition) is 5. The van der Waals surface area contributed by atoms with Crippen LogP contribution in [0.3, 0.4) is 0 Å². The SMILES string of the molecule is CCNc1nc2c(c(N(C)CC3CC3)n1)CCNCC2. The van der Waals surface area contributed by atoms with Gasteiger partial charge in [-0.2, -0.15) is 4.98 Å². The number of anilines is 2. The minimum absolute atomic E-state index is 0.783. The normalized spacial score (nSPS) is 18.3. The highest BCUT2D eigenvalue weighted by atomic mass is 15.2. The molecule has 0 radical (unpaired) electrons. The van der Waals surface area contributed by atoms with Crippen LogP contribution in [0.15, 0.2) is 0 Å². The molecule has 0 saturated heterocycles. The monoisotopic (exact) mass is 275 g/mol. The molecule has 0 unspecified atom stereocenters. The van der Waals surface area contributed by atoms with Crippen LogP contribution in [0.25, 0.3) is 0 Å². The predicted molar refractivity (Wildman–Crippen MR) is 82.5 cm³/mol. The molecule has 110 valence electrons. The van der Waals surface area contributed by atoms with E-state index in [-0.39, 0.29) is 0 Å². The van der Waals surface area contributed by atoms with E-state index in [1.54, 1.807) is 0 Å². The summed E-state index contributed by atoms with van der Waals surface area (Å²) in [6.45, 7) is 6.12. The van der Waals surface area contributed by atoms with E-state index in [1.807, 2.05) is 0 Å². The van der Waals surface area contributed by atoms with Gasteiger partial charge in [-0.15, -0.1) is 0 Å². The summed E-state index contributed by atoms with van der Waals surface area (Å²) in [4.78, 5) is 11.8. The zero-order valence-electron chi connectivity index (χ0n) is 12.6. The minimum atomic E-state index is 0.783. The van der Waals surface area contributed by atoms with Gasteiger partial charge in [0.25, 0.3) is 0 Å². The lowest BCUT2D eigenvalue weighted by Gasteiger charge is -2.23. The predicted octanol–water partition coefficient (Wildman–Crippen LogP) is 1.44. The number of aromatic nitrogens is 2. The first-order valence-electron chi connectivity index (χ1n) is 7.83. The maximum Gasteiger partial charge on any atom is 0.224 e. The van der Waals surface area contributed by atoms with Gasteiger partial charge in [-0.3, -0.25) is 0 Å². The third-order valence-corrected chi connectivity index (χ3v) is 4.09. The van der Waals surface area contributed by atoms with Gasteiger partial charge in [-0.1, -0.05) is 0 Å². The van der Waals surface area contributed by atoms with Crippen LogP contribution in [0.4, 0.5) is 11.8 Å². The third kappa shape index (κ3) is 3.03. The van der Waals surface area contributed by atoms with Crippen molar-refractivity contribution in [2.45, 2.75) is 32.6 Å². The first-order chi connectivity index (χ1) is 9.78. The van der Waals surface area contributed by atoms with Crippen LogP contribution in [0.5, 0.6) is 0 Å². The zero-order chi connectivity index (χ0) is 13.9. The van der Waals surface area contributed by atoms with Gasteiger partial charge in [0.05, 0.1) is 5.69 Å². The Bertz CT molecular complexity index is 470. The van der Waals surface area contributed by atoms with Crippen LogP contribution in [0.1, 0.15) is 31.0 Å². The van der Waals surface area contributed by atoms with Crippen molar-refractivity contribution in [1.29, 1.82) is 0 Å². The van der Waals surface area contributed by atoms with Crippen molar-refractivity contribution in [3.63, 3.8) is 0 Å². The molecule has 2 aliphatic rings. The van der Waals surface area contributed by atoms with Crippen LogP contribution in [0, 0.1) is 5.92 Å². The number of rotatable bonds is 5. The molecule has 1 aliphatic carbocycles. The van der Waals surface area contributed by atoms with E-state index in [9.17, 15) is 0 Å². The summed E-state index contributed by atoms with van der Waals surface area (Å²) in [6, 6.07) is 0. The number of nitrogens with one attached hydrogen (secondary N) is 2. The van der Waals surface area contributed by atoms with E-state index < -0.39 is 0 Å². The molecule has 0 atom stereocenters. The fraction of sp³-hybridized carbons (Fsp3) is 0.733. The summed E-state index contributed by atoms with van der Waals surface area (Å²) in [6.07, 6.45) is 4.78. The van der Waals surface area contributed by atoms with Gasteiger partial charge in [-0.05, 0) is 38.6 Å². The van der Waals surface area contributed by atoms with Crippen molar-refractivity contribution in [3.8, 4) is 0 Å². The number of nitrogens with zero attached hydrogens (tertiary/aromatic N) is 3. The Balaban J connectivity index is 1.92. The Morgan fingerprint density at radius 3 is 2.80 bits per heavy atom. The topological polar surface area (TPSA) is 53.1 Å². The molecule has 5 nitrogen and oxygen atoms in total. The summed E-state index contributed by atoms with van der Waals surface area (Å²) < 4.78 is 0. The Morgan fingerprint density at radius 1 is 1.25 bits per heavy atom. The lowest BCUT2D eigenvalue weighted by atomic mass is 10.1. The van der Waals surface area contributed by atoms with Gasteiger partial charge in [0.1, 0.15) is 5.82 Å². The highest BCUT2D eigenvalue weighted by Gasteiger charge is 2.26. The fourth-order valence-corrected chi connectivity index (χ4v) is 2.85. The molecule has 0 spiro atoms. The van der Waals surface area contributed by atoms with Gasteiger partial charge in [0.2, 0.25) is 5.95 Å². The molecular formula is C15H25N5. The molecule has 2 N–H and O–H groups in total. The van der Waals surface area contributed by atoms with Crippen molar-refractivity contribution in [1.82, 2.24) is 15.3 Å². The molecule has 1 aromatic rings. The first-order valence-corrected chi connectivity index (χ1v) is 7.83. The lowest BCUT2D eigenvalue weighted by Crippen LogP contribution is -2.24. The molecule has 1 saturated carbocycles. The van der Waals surface area contributed by atoms with E-state index in [0.29, 0.717) is 0 Å². The lowest BCUT2D eigenvalue weighted by molar-refractivity contribution is 0.707. The molecule has 5 heteroatoms. The molecule has 0 bridgehead atoms. The second-order valence-corrected chi connectivity index (χ2v) is 5.90. The second kappa shape index (κ2) is 5.95. The summed E-state index contributed by atoms with van der Waals surface area (Å²) in [5.74, 6) is 2.80. The number of fused-ring (bicyclic) bond motifs is 1. The summed E-state index contributed by atoms with van der Waals surface area (Å²) in [5, 5.41) is 6.73. The average Bonchev–Trinajstić information content (AvgIpc) is 3.24. The molecular weight excluding hydrogens is 250 g/mol. The summed E-state index contributed by atoms with van der Waals surface area (Å²) in [5.41, 5.74) is 2.57. The highest BCUT2D eigenvalue weighted by molar-refractivity contribution is 5.53. The van der Waals surface area contributed by atoms with Gasteiger partial charge < -0.3 is 15.5 Å². The molecule has 1 aromatic heterocycles. The van der Waals surface area contributed by atoms with Crippen molar-refractivity contribution in [2.24, 2.45) is 5.92 Å². The average molecular weight is 275 g/mol. The van der Waals surface area contributed by atoms with Crippen LogP contribution in [-0.2, 0) is 12.8 Å². The Kier molecular flexibility index (Phi) is 4.05. The van der Waals surface area contributed by atoms with E-state index in [0.717, 1.165) is 56.7 Å². The zero-order valence-corrected chi connectivity index (χ0v) is 12.6. The molecule has 0 aromatic carbocycles. The van der Waals surface area contributed by atoms with Gasteiger partial charge in [0, 0.05) is 38.7 Å². The van der Waals surface area contributed by atoms with Crippen LogP contribution < -0.4 is 15.5 Å². The molecule has 1 aliphatic heterocycles. The summed E-state index contributed by atoms with van der Waals surface area (Å²) in [7, 11) is 2.18. The smallest absolute Gasteiger partial charge is 0.224 e. The van der Waals surface area contributed by atoms with Crippen molar-refractivity contribution >= 4 is 11.8 Å². The Morgan fingerprint density at radius 2 is 2.05 bits per heavy atom. The largest absolute Gasteiger partial charge is 0.359 e. The fourth-order valence-electron chi connectivity index (χ4n) is 2.85.